The maximum Gasteiger partial charge on any atom is 0.414 e. The summed E-state index contributed by atoms with van der Waals surface area (Å²) in [6.07, 6.45) is 1.67. The van der Waals surface area contributed by atoms with Crippen LogP contribution in [-0.2, 0) is 17.8 Å². The minimum absolute atomic E-state index is 0.285. The van der Waals surface area contributed by atoms with Crippen molar-refractivity contribution in [2.75, 3.05) is 11.4 Å². The van der Waals surface area contributed by atoms with Crippen molar-refractivity contribution in [3.05, 3.63) is 64.1 Å². The molecule has 2 aromatic carbocycles. The van der Waals surface area contributed by atoms with Crippen molar-refractivity contribution >= 4 is 27.7 Å². The summed E-state index contributed by atoms with van der Waals surface area (Å²) >= 11 is 3.54. The van der Waals surface area contributed by atoms with E-state index in [1.807, 2.05) is 42.5 Å². The van der Waals surface area contributed by atoms with Crippen molar-refractivity contribution in [3.8, 4) is 0 Å². The van der Waals surface area contributed by atoms with Crippen LogP contribution in [0.15, 0.2) is 53.0 Å². The molecule has 0 fully saturated rings. The maximum absolute atomic E-state index is 12.4. The van der Waals surface area contributed by atoms with E-state index in [1.165, 1.54) is 5.56 Å². The van der Waals surface area contributed by atoms with Crippen molar-refractivity contribution in [2.45, 2.75) is 19.4 Å². The van der Waals surface area contributed by atoms with E-state index < -0.39 is 0 Å². The topological polar surface area (TPSA) is 29.5 Å². The van der Waals surface area contributed by atoms with E-state index in [-0.39, 0.29) is 6.09 Å². The number of hydrogen-bond donors (Lipinski definition) is 0. The molecule has 1 amide bonds. The van der Waals surface area contributed by atoms with Crippen LogP contribution >= 0.6 is 15.9 Å². The highest BCUT2D eigenvalue weighted by molar-refractivity contribution is 9.10. The summed E-state index contributed by atoms with van der Waals surface area (Å²) in [5.74, 6) is 0. The van der Waals surface area contributed by atoms with Gasteiger partial charge in [0.1, 0.15) is 6.61 Å². The fourth-order valence-electron chi connectivity index (χ4n) is 2.58. The number of carbonyl (C=O) groups excluding carboxylic acids is 1. The van der Waals surface area contributed by atoms with Gasteiger partial charge in [-0.3, -0.25) is 4.90 Å². The molecule has 108 valence electrons. The number of nitrogens with zero attached hydrogens (tertiary/aromatic N) is 1. The van der Waals surface area contributed by atoms with Crippen LogP contribution in [0.4, 0.5) is 10.5 Å². The van der Waals surface area contributed by atoms with Gasteiger partial charge in [0, 0.05) is 11.0 Å². The highest BCUT2D eigenvalue weighted by Crippen LogP contribution is 2.34. The Morgan fingerprint density at radius 1 is 1.14 bits per heavy atom. The zero-order chi connectivity index (χ0) is 14.7. The lowest BCUT2D eigenvalue weighted by molar-refractivity contribution is 0.146. The van der Waals surface area contributed by atoms with Crippen LogP contribution in [0, 0.1) is 0 Å². The number of para-hydroxylation sites is 1. The molecule has 3 rings (SSSR count). The molecule has 0 unspecified atom stereocenters. The average molecular weight is 346 g/mol. The first-order valence-corrected chi connectivity index (χ1v) is 7.80. The first-order chi connectivity index (χ1) is 10.3. The van der Waals surface area contributed by atoms with Gasteiger partial charge in [-0.2, -0.15) is 0 Å². The van der Waals surface area contributed by atoms with Gasteiger partial charge >= 0.3 is 6.09 Å². The molecule has 0 saturated heterocycles. The lowest BCUT2D eigenvalue weighted by atomic mass is 10.0. The quantitative estimate of drug-likeness (QED) is 0.799. The summed E-state index contributed by atoms with van der Waals surface area (Å²) in [6.45, 7) is 0.999. The third-order valence-electron chi connectivity index (χ3n) is 3.59. The predicted molar refractivity (Wildman–Crippen MR) is 86.4 cm³/mol. The summed E-state index contributed by atoms with van der Waals surface area (Å²) in [5.41, 5.74) is 3.13. The second-order valence-corrected chi connectivity index (χ2v) is 5.90. The molecule has 0 bridgehead atoms. The Bertz CT molecular complexity index is 642. The standard InChI is InChI=1S/C17H16BrNO2/c18-15-10-4-8-14-9-5-11-19(16(14)15)17(20)21-12-13-6-2-1-3-7-13/h1-4,6-8,10H,5,9,11-12H2. The molecule has 21 heavy (non-hydrogen) atoms. The van der Waals surface area contributed by atoms with Gasteiger partial charge in [0.15, 0.2) is 0 Å². The van der Waals surface area contributed by atoms with Crippen molar-refractivity contribution < 1.29 is 9.53 Å². The second kappa shape index (κ2) is 6.31. The summed E-state index contributed by atoms with van der Waals surface area (Å²) in [7, 11) is 0. The van der Waals surface area contributed by atoms with Crippen molar-refractivity contribution in [3.63, 3.8) is 0 Å². The van der Waals surface area contributed by atoms with E-state index in [1.54, 1.807) is 4.90 Å². The van der Waals surface area contributed by atoms with Crippen molar-refractivity contribution in [1.82, 2.24) is 0 Å². The van der Waals surface area contributed by atoms with E-state index >= 15 is 0 Å². The monoisotopic (exact) mass is 345 g/mol. The van der Waals surface area contributed by atoms with Gasteiger partial charge in [0.25, 0.3) is 0 Å². The summed E-state index contributed by atoms with van der Waals surface area (Å²) in [6, 6.07) is 15.8. The third-order valence-corrected chi connectivity index (χ3v) is 4.23. The molecule has 1 heterocycles. The minimum Gasteiger partial charge on any atom is -0.444 e. The van der Waals surface area contributed by atoms with Crippen LogP contribution in [0.25, 0.3) is 0 Å². The molecule has 2 aromatic rings. The Morgan fingerprint density at radius 2 is 1.95 bits per heavy atom. The van der Waals surface area contributed by atoms with Gasteiger partial charge in [0.2, 0.25) is 0 Å². The largest absolute Gasteiger partial charge is 0.444 e. The number of amides is 1. The number of aryl methyl sites for hydroxylation is 1. The Labute approximate surface area is 132 Å². The van der Waals surface area contributed by atoms with Crippen molar-refractivity contribution in [2.24, 2.45) is 0 Å². The van der Waals surface area contributed by atoms with Gasteiger partial charge in [-0.25, -0.2) is 4.79 Å². The van der Waals surface area contributed by atoms with E-state index in [0.29, 0.717) is 13.2 Å². The molecule has 0 saturated carbocycles. The average Bonchev–Trinajstić information content (AvgIpc) is 2.53. The fraction of sp³-hybridized carbons (Fsp3) is 0.235. The number of halogens is 1. The van der Waals surface area contributed by atoms with Gasteiger partial charge in [-0.05, 0) is 46.0 Å². The van der Waals surface area contributed by atoms with Gasteiger partial charge in [0.05, 0.1) is 5.69 Å². The van der Waals surface area contributed by atoms with Crippen molar-refractivity contribution in [1.29, 1.82) is 0 Å². The molecule has 3 nitrogen and oxygen atoms in total. The van der Waals surface area contributed by atoms with E-state index in [2.05, 4.69) is 22.0 Å². The van der Waals surface area contributed by atoms with Gasteiger partial charge in [-0.15, -0.1) is 0 Å². The van der Waals surface area contributed by atoms with Crippen LogP contribution in [0.5, 0.6) is 0 Å². The number of hydrogen-bond acceptors (Lipinski definition) is 2. The number of anilines is 1. The molecule has 4 heteroatoms. The lowest BCUT2D eigenvalue weighted by Gasteiger charge is -2.29. The Hall–Kier alpha value is -1.81. The Kier molecular flexibility index (Phi) is 4.25. The molecule has 0 atom stereocenters. The molecule has 0 aromatic heterocycles. The van der Waals surface area contributed by atoms with Crippen LogP contribution in [0.2, 0.25) is 0 Å². The summed E-state index contributed by atoms with van der Waals surface area (Å²) < 4.78 is 6.39. The first kappa shape index (κ1) is 14.1. The zero-order valence-corrected chi connectivity index (χ0v) is 13.2. The van der Waals surface area contributed by atoms with Gasteiger partial charge in [-0.1, -0.05) is 42.5 Å². The van der Waals surface area contributed by atoms with Gasteiger partial charge < -0.3 is 4.74 Å². The van der Waals surface area contributed by atoms with Crippen LogP contribution in [0.3, 0.4) is 0 Å². The molecule has 1 aliphatic heterocycles. The number of benzene rings is 2. The normalized spacial score (nSPS) is 13.7. The summed E-state index contributed by atoms with van der Waals surface area (Å²) in [4.78, 5) is 14.1. The van der Waals surface area contributed by atoms with Crippen LogP contribution < -0.4 is 4.90 Å². The lowest BCUT2D eigenvalue weighted by Crippen LogP contribution is -2.36. The maximum atomic E-state index is 12.4. The molecular formula is C17H16BrNO2. The molecule has 0 N–H and O–H groups in total. The number of ether oxygens (including phenoxy) is 1. The molecule has 0 radical (unpaired) electrons. The van der Waals surface area contributed by atoms with Crippen LogP contribution in [0.1, 0.15) is 17.5 Å². The molecule has 1 aliphatic rings. The molecular weight excluding hydrogens is 330 g/mol. The second-order valence-electron chi connectivity index (χ2n) is 5.04. The number of fused-ring (bicyclic) bond motifs is 1. The minimum atomic E-state index is -0.285. The predicted octanol–water partition coefficient (Wildman–Crippen LogP) is 4.54. The smallest absolute Gasteiger partial charge is 0.414 e. The first-order valence-electron chi connectivity index (χ1n) is 7.01. The fourth-order valence-corrected chi connectivity index (χ4v) is 3.20. The highest BCUT2D eigenvalue weighted by Gasteiger charge is 2.25. The number of carbonyl (C=O) groups is 1. The Morgan fingerprint density at radius 3 is 2.76 bits per heavy atom. The van der Waals surface area contributed by atoms with E-state index in [4.69, 9.17) is 4.74 Å². The van der Waals surface area contributed by atoms with Crippen LogP contribution in [-0.4, -0.2) is 12.6 Å². The molecule has 0 aliphatic carbocycles. The zero-order valence-electron chi connectivity index (χ0n) is 11.6. The summed E-state index contributed by atoms with van der Waals surface area (Å²) in [5, 5.41) is 0. The van der Waals surface area contributed by atoms with E-state index in [9.17, 15) is 4.79 Å². The number of rotatable bonds is 2. The third kappa shape index (κ3) is 3.10. The SMILES string of the molecule is O=C(OCc1ccccc1)N1CCCc2cccc(Br)c21. The molecule has 0 spiro atoms. The Balaban J connectivity index is 1.75. The van der Waals surface area contributed by atoms with E-state index in [0.717, 1.165) is 28.6 Å². The highest BCUT2D eigenvalue weighted by atomic mass is 79.9.